The molecule has 0 aliphatic rings. The van der Waals surface area contributed by atoms with Gasteiger partial charge in [0.15, 0.2) is 0 Å². The minimum atomic E-state index is -4.54. The molecule has 0 rings (SSSR count). The summed E-state index contributed by atoms with van der Waals surface area (Å²) in [5.41, 5.74) is 0. The Kier molecular flexibility index (Phi) is 44.0. The molecule has 2 unspecified atom stereocenters. The highest BCUT2D eigenvalue weighted by atomic mass is 31.2. The first-order valence-electron chi connectivity index (χ1n) is 25.2. The topological polar surface area (TPSA) is 94.1 Å². The van der Waals surface area contributed by atoms with Gasteiger partial charge >= 0.3 is 5.97 Å². The average Bonchev–Trinajstić information content (AvgIpc) is 3.23. The van der Waals surface area contributed by atoms with Gasteiger partial charge in [0, 0.05) is 13.0 Å². The first-order chi connectivity index (χ1) is 30.1. The summed E-state index contributed by atoms with van der Waals surface area (Å²) in [5.74, 6) is -0.346. The summed E-state index contributed by atoms with van der Waals surface area (Å²) in [4.78, 5) is 25.2. The van der Waals surface area contributed by atoms with Crippen molar-refractivity contribution in [3.63, 3.8) is 0 Å². The van der Waals surface area contributed by atoms with Crippen LogP contribution in [0.25, 0.3) is 0 Å². The van der Waals surface area contributed by atoms with Crippen LogP contribution in [0.4, 0.5) is 0 Å². The molecule has 0 heterocycles. The number of quaternary nitrogens is 1. The maximum atomic E-state index is 12.7. The summed E-state index contributed by atoms with van der Waals surface area (Å²) in [7, 11) is 1.34. The second-order valence-corrected chi connectivity index (χ2v) is 19.2. The van der Waals surface area contributed by atoms with E-state index in [1.165, 1.54) is 103 Å². The van der Waals surface area contributed by atoms with Crippen molar-refractivity contribution >= 4 is 13.8 Å². The average molecular weight is 890 g/mol. The highest BCUT2D eigenvalue weighted by molar-refractivity contribution is 7.45. The van der Waals surface area contributed by atoms with Crippen LogP contribution < -0.4 is 4.89 Å². The van der Waals surface area contributed by atoms with Crippen LogP contribution in [-0.2, 0) is 27.9 Å². The van der Waals surface area contributed by atoms with Gasteiger partial charge in [0.05, 0.1) is 34.4 Å². The fourth-order valence-electron chi connectivity index (χ4n) is 6.63. The number of carbonyl (C=O) groups is 1. The number of ether oxygens (including phenoxy) is 2. The predicted octanol–water partition coefficient (Wildman–Crippen LogP) is 14.8. The zero-order valence-corrected chi connectivity index (χ0v) is 41.7. The maximum absolute atomic E-state index is 12.7. The van der Waals surface area contributed by atoms with Crippen molar-refractivity contribution in [1.82, 2.24) is 0 Å². The van der Waals surface area contributed by atoms with Crippen molar-refractivity contribution < 1.29 is 37.3 Å². The predicted molar refractivity (Wildman–Crippen MR) is 263 cm³/mol. The molecule has 360 valence electrons. The Morgan fingerprint density at radius 1 is 0.516 bits per heavy atom. The number of allylic oxidation sites excluding steroid dienone is 12. The van der Waals surface area contributed by atoms with E-state index in [1.807, 2.05) is 21.1 Å². The van der Waals surface area contributed by atoms with E-state index in [1.54, 1.807) is 0 Å². The van der Waals surface area contributed by atoms with E-state index < -0.39 is 13.9 Å². The molecule has 0 spiro atoms. The van der Waals surface area contributed by atoms with Gasteiger partial charge in [-0.1, -0.05) is 183 Å². The first kappa shape index (κ1) is 59.9. The molecule has 2 atom stereocenters. The molecular formula is C53H96NO7P. The minimum absolute atomic E-state index is 0.0189. The summed E-state index contributed by atoms with van der Waals surface area (Å²) in [6.07, 6.45) is 59.2. The van der Waals surface area contributed by atoms with Crippen molar-refractivity contribution in [1.29, 1.82) is 0 Å². The van der Waals surface area contributed by atoms with Crippen LogP contribution in [0, 0.1) is 0 Å². The molecule has 0 aliphatic carbocycles. The molecule has 0 aromatic rings. The van der Waals surface area contributed by atoms with Crippen molar-refractivity contribution in [3.05, 3.63) is 72.9 Å². The van der Waals surface area contributed by atoms with Crippen LogP contribution >= 0.6 is 7.82 Å². The van der Waals surface area contributed by atoms with Crippen LogP contribution in [0.3, 0.4) is 0 Å². The second kappa shape index (κ2) is 45.5. The molecule has 0 N–H and O–H groups in total. The number of likely N-dealkylation sites (N-methyl/N-ethyl adjacent to an activating group) is 1. The first-order valence-corrected chi connectivity index (χ1v) is 26.6. The molecule has 0 saturated carbocycles. The summed E-state index contributed by atoms with van der Waals surface area (Å²) >= 11 is 0. The van der Waals surface area contributed by atoms with Gasteiger partial charge in [-0.2, -0.15) is 0 Å². The van der Waals surface area contributed by atoms with Gasteiger partial charge in [0.1, 0.15) is 19.3 Å². The Labute approximate surface area is 383 Å². The third-order valence-corrected chi connectivity index (χ3v) is 11.5. The Morgan fingerprint density at radius 2 is 0.935 bits per heavy atom. The monoisotopic (exact) mass is 890 g/mol. The molecule has 0 fully saturated rings. The van der Waals surface area contributed by atoms with Gasteiger partial charge in [-0.3, -0.25) is 9.36 Å². The third-order valence-electron chi connectivity index (χ3n) is 10.5. The lowest BCUT2D eigenvalue weighted by Crippen LogP contribution is -2.37. The molecule has 0 aromatic carbocycles. The quantitative estimate of drug-likeness (QED) is 0.0197. The van der Waals surface area contributed by atoms with Crippen molar-refractivity contribution in [2.24, 2.45) is 0 Å². The fourth-order valence-corrected chi connectivity index (χ4v) is 7.35. The molecule has 0 amide bonds. The van der Waals surface area contributed by atoms with Crippen molar-refractivity contribution in [2.75, 3.05) is 54.1 Å². The standard InChI is InChI=1S/C53H96NO7P/c1-6-8-10-12-14-16-18-20-22-24-26-27-28-29-31-33-35-37-39-41-43-45-48-58-50-52(51-60-62(56,57)59-49-47-54(3,4)5)61-53(55)46-44-42-40-38-36-34-32-30-25-23-21-19-17-15-13-11-9-7-2/h8,10,14,16,20,22-23,25-27,29,31,52H,6-7,9,11-13,15,17-19,21,24,28,30,32-51H2,1-5H3/b10-8-,16-14-,22-20-,25-23-,27-26-,31-29-. The van der Waals surface area contributed by atoms with Crippen molar-refractivity contribution in [3.8, 4) is 0 Å². The zero-order chi connectivity index (χ0) is 45.5. The molecular weight excluding hydrogens is 794 g/mol. The van der Waals surface area contributed by atoms with Crippen LogP contribution in [-0.4, -0.2) is 70.7 Å². The Hall–Kier alpha value is -2.06. The number of phosphoric ester groups is 1. The summed E-state index contributed by atoms with van der Waals surface area (Å²) < 4.78 is 34.7. The van der Waals surface area contributed by atoms with Gasteiger partial charge in [-0.15, -0.1) is 0 Å². The number of hydrogen-bond acceptors (Lipinski definition) is 7. The van der Waals surface area contributed by atoms with E-state index >= 15 is 0 Å². The van der Waals surface area contributed by atoms with Crippen molar-refractivity contribution in [2.45, 2.75) is 206 Å². The molecule has 0 bridgehead atoms. The molecule has 0 radical (unpaired) electrons. The SMILES string of the molecule is CC/C=C\C/C=C\C/C=C\C/C=C\C/C=C\CCCCCCCCOCC(COP(=O)([O-])OCC[N+](C)(C)C)OC(=O)CCCCCCCCC/C=C\CCCCCCCCC. The van der Waals surface area contributed by atoms with Gasteiger partial charge in [-0.05, 0) is 83.5 Å². The highest BCUT2D eigenvalue weighted by Gasteiger charge is 2.20. The van der Waals surface area contributed by atoms with E-state index in [4.69, 9.17) is 18.5 Å². The Morgan fingerprint density at radius 3 is 1.42 bits per heavy atom. The summed E-state index contributed by atoms with van der Waals surface area (Å²) in [5, 5.41) is 0. The van der Waals surface area contributed by atoms with E-state index in [0.29, 0.717) is 24.1 Å². The van der Waals surface area contributed by atoms with E-state index in [0.717, 1.165) is 77.0 Å². The van der Waals surface area contributed by atoms with E-state index in [-0.39, 0.29) is 25.8 Å². The molecule has 9 heteroatoms. The molecule has 0 aromatic heterocycles. The minimum Gasteiger partial charge on any atom is -0.756 e. The van der Waals surface area contributed by atoms with Crippen LogP contribution in [0.2, 0.25) is 0 Å². The Bertz CT molecular complexity index is 1220. The van der Waals surface area contributed by atoms with Gasteiger partial charge < -0.3 is 27.9 Å². The maximum Gasteiger partial charge on any atom is 0.306 e. The van der Waals surface area contributed by atoms with E-state index in [9.17, 15) is 14.3 Å². The lowest BCUT2D eigenvalue weighted by atomic mass is 10.1. The van der Waals surface area contributed by atoms with Crippen LogP contribution in [0.15, 0.2) is 72.9 Å². The number of carbonyl (C=O) groups excluding carboxylic acids is 1. The summed E-state index contributed by atoms with van der Waals surface area (Å²) in [6, 6.07) is 0. The fraction of sp³-hybridized carbons (Fsp3) is 0.755. The number of nitrogens with zero attached hydrogens (tertiary/aromatic N) is 1. The van der Waals surface area contributed by atoms with Crippen LogP contribution in [0.1, 0.15) is 200 Å². The van der Waals surface area contributed by atoms with Gasteiger partial charge in [0.2, 0.25) is 0 Å². The Balaban J connectivity index is 4.21. The van der Waals surface area contributed by atoms with Crippen LogP contribution in [0.5, 0.6) is 0 Å². The normalized spacial score (nSPS) is 14.2. The number of esters is 1. The molecule has 0 saturated heterocycles. The van der Waals surface area contributed by atoms with Gasteiger partial charge in [0.25, 0.3) is 7.82 Å². The van der Waals surface area contributed by atoms with Gasteiger partial charge in [-0.25, -0.2) is 0 Å². The number of rotatable bonds is 46. The number of unbranched alkanes of at least 4 members (excludes halogenated alkanes) is 20. The molecule has 8 nitrogen and oxygen atoms in total. The zero-order valence-electron chi connectivity index (χ0n) is 40.8. The highest BCUT2D eigenvalue weighted by Crippen LogP contribution is 2.38. The van der Waals surface area contributed by atoms with E-state index in [2.05, 4.69) is 86.8 Å². The molecule has 0 aliphatic heterocycles. The second-order valence-electron chi connectivity index (χ2n) is 17.8. The smallest absolute Gasteiger partial charge is 0.306 e. The third kappa shape index (κ3) is 49.0. The molecule has 62 heavy (non-hydrogen) atoms. The lowest BCUT2D eigenvalue weighted by Gasteiger charge is -2.28. The number of hydrogen-bond donors (Lipinski definition) is 0. The lowest BCUT2D eigenvalue weighted by molar-refractivity contribution is -0.870. The summed E-state index contributed by atoms with van der Waals surface area (Å²) in [6.45, 7) is 5.26. The number of phosphoric acid groups is 1. The largest absolute Gasteiger partial charge is 0.756 e.